The van der Waals surface area contributed by atoms with Crippen molar-refractivity contribution in [3.05, 3.63) is 60.5 Å². The maximum atomic E-state index is 11.2. The average molecular weight is 352 g/mol. The largest absolute Gasteiger partial charge is 0.497 e. The van der Waals surface area contributed by atoms with Crippen LogP contribution in [-0.2, 0) is 11.3 Å². The van der Waals surface area contributed by atoms with Gasteiger partial charge in [0.2, 0.25) is 17.7 Å². The molecule has 0 atom stereocenters. The lowest BCUT2D eigenvalue weighted by Crippen LogP contribution is -2.27. The second-order valence-corrected chi connectivity index (χ2v) is 5.70. The SMILES string of the molecule is COc1ccc(N(CCC(N)=O)Cc2nnc(-c3ccccc3)o2)cc1. The second kappa shape index (κ2) is 8.15. The van der Waals surface area contributed by atoms with Gasteiger partial charge in [0.05, 0.1) is 13.7 Å². The van der Waals surface area contributed by atoms with Crippen molar-refractivity contribution in [1.82, 2.24) is 10.2 Å². The lowest BCUT2D eigenvalue weighted by Gasteiger charge is -2.22. The van der Waals surface area contributed by atoms with Gasteiger partial charge in [0, 0.05) is 24.2 Å². The van der Waals surface area contributed by atoms with Gasteiger partial charge in [0.1, 0.15) is 5.75 Å². The van der Waals surface area contributed by atoms with E-state index >= 15 is 0 Å². The molecule has 0 spiro atoms. The minimum absolute atomic E-state index is 0.228. The molecule has 7 heteroatoms. The molecule has 0 aliphatic carbocycles. The Morgan fingerprint density at radius 3 is 2.50 bits per heavy atom. The molecule has 2 aromatic carbocycles. The first-order valence-electron chi connectivity index (χ1n) is 8.21. The number of nitrogens with two attached hydrogens (primary N) is 1. The summed E-state index contributed by atoms with van der Waals surface area (Å²) < 4.78 is 11.0. The molecular weight excluding hydrogens is 332 g/mol. The number of ether oxygens (including phenoxy) is 1. The molecule has 2 N–H and O–H groups in total. The Morgan fingerprint density at radius 2 is 1.85 bits per heavy atom. The quantitative estimate of drug-likeness (QED) is 0.670. The molecule has 1 heterocycles. The molecule has 134 valence electrons. The third-order valence-electron chi connectivity index (χ3n) is 3.88. The number of rotatable bonds is 8. The summed E-state index contributed by atoms with van der Waals surface area (Å²) in [4.78, 5) is 13.2. The van der Waals surface area contributed by atoms with Crippen molar-refractivity contribution < 1.29 is 13.9 Å². The van der Waals surface area contributed by atoms with E-state index in [1.54, 1.807) is 7.11 Å². The highest BCUT2D eigenvalue weighted by Crippen LogP contribution is 2.23. The molecule has 0 bridgehead atoms. The first kappa shape index (κ1) is 17.5. The van der Waals surface area contributed by atoms with Gasteiger partial charge in [-0.15, -0.1) is 10.2 Å². The molecule has 0 saturated heterocycles. The van der Waals surface area contributed by atoms with Crippen LogP contribution < -0.4 is 15.4 Å². The van der Waals surface area contributed by atoms with Gasteiger partial charge >= 0.3 is 0 Å². The number of aromatic nitrogens is 2. The molecule has 1 amide bonds. The smallest absolute Gasteiger partial charge is 0.247 e. The van der Waals surface area contributed by atoms with Crippen LogP contribution in [0, 0.1) is 0 Å². The van der Waals surface area contributed by atoms with E-state index in [2.05, 4.69) is 10.2 Å². The Hall–Kier alpha value is -3.35. The molecule has 0 aliphatic rings. The fourth-order valence-corrected chi connectivity index (χ4v) is 2.52. The van der Waals surface area contributed by atoms with Crippen LogP contribution in [0.5, 0.6) is 5.75 Å². The number of methoxy groups -OCH3 is 1. The van der Waals surface area contributed by atoms with E-state index < -0.39 is 0 Å². The molecule has 0 saturated carbocycles. The summed E-state index contributed by atoms with van der Waals surface area (Å²) in [6, 6.07) is 17.1. The molecule has 0 fully saturated rings. The minimum atomic E-state index is -0.362. The summed E-state index contributed by atoms with van der Waals surface area (Å²) in [7, 11) is 1.61. The Balaban J connectivity index is 1.78. The topological polar surface area (TPSA) is 94.5 Å². The van der Waals surface area contributed by atoms with Gasteiger partial charge in [0.15, 0.2) is 0 Å². The number of anilines is 1. The van der Waals surface area contributed by atoms with Gasteiger partial charge < -0.3 is 19.8 Å². The summed E-state index contributed by atoms with van der Waals surface area (Å²) in [5.74, 6) is 1.32. The van der Waals surface area contributed by atoms with Crippen LogP contribution in [0.4, 0.5) is 5.69 Å². The molecule has 0 unspecified atom stereocenters. The second-order valence-electron chi connectivity index (χ2n) is 5.70. The molecule has 1 aromatic heterocycles. The third-order valence-corrected chi connectivity index (χ3v) is 3.88. The molecule has 0 radical (unpaired) electrons. The average Bonchev–Trinajstić information content (AvgIpc) is 3.14. The monoisotopic (exact) mass is 352 g/mol. The van der Waals surface area contributed by atoms with E-state index in [1.165, 1.54) is 0 Å². The Morgan fingerprint density at radius 1 is 1.12 bits per heavy atom. The van der Waals surface area contributed by atoms with Crippen LogP contribution in [0.15, 0.2) is 59.0 Å². The van der Waals surface area contributed by atoms with Gasteiger partial charge in [-0.2, -0.15) is 0 Å². The van der Waals surface area contributed by atoms with Gasteiger partial charge in [-0.3, -0.25) is 4.79 Å². The van der Waals surface area contributed by atoms with Crippen LogP contribution in [-0.4, -0.2) is 29.8 Å². The number of benzene rings is 2. The Labute approximate surface area is 151 Å². The Kier molecular flexibility index (Phi) is 5.48. The minimum Gasteiger partial charge on any atom is -0.497 e. The van der Waals surface area contributed by atoms with Gasteiger partial charge in [-0.05, 0) is 36.4 Å². The van der Waals surface area contributed by atoms with Crippen molar-refractivity contribution in [3.8, 4) is 17.2 Å². The summed E-state index contributed by atoms with van der Waals surface area (Å²) in [5.41, 5.74) is 7.07. The zero-order chi connectivity index (χ0) is 18.4. The van der Waals surface area contributed by atoms with Crippen LogP contribution in [0.2, 0.25) is 0 Å². The number of hydrogen-bond donors (Lipinski definition) is 1. The van der Waals surface area contributed by atoms with E-state index in [9.17, 15) is 4.79 Å². The number of amides is 1. The van der Waals surface area contributed by atoms with Gasteiger partial charge in [-0.1, -0.05) is 18.2 Å². The van der Waals surface area contributed by atoms with E-state index in [-0.39, 0.29) is 12.3 Å². The molecule has 7 nitrogen and oxygen atoms in total. The maximum Gasteiger partial charge on any atom is 0.247 e. The molecule has 3 rings (SSSR count). The highest BCUT2D eigenvalue weighted by Gasteiger charge is 2.14. The standard InChI is InChI=1S/C19H20N4O3/c1-25-16-9-7-15(8-10-16)23(12-11-17(20)24)13-18-21-22-19(26-18)14-5-3-2-4-6-14/h2-10H,11-13H2,1H3,(H2,20,24). The predicted molar refractivity (Wildman–Crippen MR) is 97.6 cm³/mol. The first-order valence-corrected chi connectivity index (χ1v) is 8.21. The van der Waals surface area contributed by atoms with Crippen molar-refractivity contribution in [1.29, 1.82) is 0 Å². The van der Waals surface area contributed by atoms with Crippen LogP contribution in [0.1, 0.15) is 12.3 Å². The van der Waals surface area contributed by atoms with Crippen LogP contribution >= 0.6 is 0 Å². The molecular formula is C19H20N4O3. The number of nitrogens with zero attached hydrogens (tertiary/aromatic N) is 3. The lowest BCUT2D eigenvalue weighted by molar-refractivity contribution is -0.117. The summed E-state index contributed by atoms with van der Waals surface area (Å²) in [5, 5.41) is 8.22. The van der Waals surface area contributed by atoms with E-state index in [0.717, 1.165) is 17.0 Å². The van der Waals surface area contributed by atoms with Gasteiger partial charge in [-0.25, -0.2) is 0 Å². The van der Waals surface area contributed by atoms with Crippen LogP contribution in [0.3, 0.4) is 0 Å². The highest BCUT2D eigenvalue weighted by molar-refractivity contribution is 5.74. The fraction of sp³-hybridized carbons (Fsp3) is 0.211. The van der Waals surface area contributed by atoms with Crippen molar-refractivity contribution >= 4 is 11.6 Å². The number of carbonyl (C=O) groups excluding carboxylic acids is 1. The number of carbonyl (C=O) groups is 1. The zero-order valence-electron chi connectivity index (χ0n) is 14.5. The fourth-order valence-electron chi connectivity index (χ4n) is 2.52. The van der Waals surface area contributed by atoms with Crippen molar-refractivity contribution in [2.75, 3.05) is 18.6 Å². The molecule has 26 heavy (non-hydrogen) atoms. The molecule has 0 aliphatic heterocycles. The van der Waals surface area contributed by atoms with E-state index in [4.69, 9.17) is 14.9 Å². The Bertz CT molecular complexity index is 847. The van der Waals surface area contributed by atoms with Gasteiger partial charge in [0.25, 0.3) is 0 Å². The van der Waals surface area contributed by atoms with Crippen molar-refractivity contribution in [2.45, 2.75) is 13.0 Å². The summed E-state index contributed by atoms with van der Waals surface area (Å²) in [6.45, 7) is 0.824. The lowest BCUT2D eigenvalue weighted by atomic mass is 10.2. The summed E-state index contributed by atoms with van der Waals surface area (Å²) in [6.07, 6.45) is 0.228. The summed E-state index contributed by atoms with van der Waals surface area (Å²) >= 11 is 0. The highest BCUT2D eigenvalue weighted by atomic mass is 16.5. The number of primary amides is 1. The van der Waals surface area contributed by atoms with Crippen molar-refractivity contribution in [3.63, 3.8) is 0 Å². The third kappa shape index (κ3) is 4.38. The van der Waals surface area contributed by atoms with E-state index in [1.807, 2.05) is 59.5 Å². The maximum absolute atomic E-state index is 11.2. The molecule has 3 aromatic rings. The predicted octanol–water partition coefficient (Wildman–Crippen LogP) is 2.63. The first-order chi connectivity index (χ1) is 12.7. The zero-order valence-corrected chi connectivity index (χ0v) is 14.5. The van der Waals surface area contributed by atoms with Crippen LogP contribution in [0.25, 0.3) is 11.5 Å². The van der Waals surface area contributed by atoms with E-state index in [0.29, 0.717) is 24.9 Å². The normalized spacial score (nSPS) is 10.5. The number of hydrogen-bond acceptors (Lipinski definition) is 6. The van der Waals surface area contributed by atoms with Crippen molar-refractivity contribution in [2.24, 2.45) is 5.73 Å².